The predicted octanol–water partition coefficient (Wildman–Crippen LogP) is 1.99. The van der Waals surface area contributed by atoms with Crippen molar-refractivity contribution in [2.75, 3.05) is 5.73 Å². The van der Waals surface area contributed by atoms with Gasteiger partial charge in [0.2, 0.25) is 0 Å². The zero-order valence-corrected chi connectivity index (χ0v) is 8.91. The molecule has 0 amide bonds. The summed E-state index contributed by atoms with van der Waals surface area (Å²) < 4.78 is 5.16. The second-order valence-corrected chi connectivity index (χ2v) is 4.62. The van der Waals surface area contributed by atoms with Crippen LogP contribution in [0.5, 0.6) is 0 Å². The van der Waals surface area contributed by atoms with E-state index < -0.39 is 4.92 Å². The van der Waals surface area contributed by atoms with Gasteiger partial charge in [0.1, 0.15) is 10.7 Å². The maximum absolute atomic E-state index is 10.6. The van der Waals surface area contributed by atoms with Crippen molar-refractivity contribution in [2.45, 2.75) is 12.8 Å². The van der Waals surface area contributed by atoms with Crippen molar-refractivity contribution >= 4 is 22.4 Å². The van der Waals surface area contributed by atoms with Crippen molar-refractivity contribution in [1.82, 2.24) is 4.98 Å². The van der Waals surface area contributed by atoms with Gasteiger partial charge in [-0.3, -0.25) is 10.1 Å². The first-order valence-corrected chi connectivity index (χ1v) is 5.49. The highest BCUT2D eigenvalue weighted by atomic mass is 32.1. The number of aromatic nitrogens is 1. The Morgan fingerprint density at radius 1 is 1.56 bits per heavy atom. The minimum atomic E-state index is -0.534. The van der Waals surface area contributed by atoms with Gasteiger partial charge in [0.25, 0.3) is 0 Å². The van der Waals surface area contributed by atoms with Gasteiger partial charge < -0.3 is 10.2 Å². The molecule has 1 aliphatic carbocycles. The van der Waals surface area contributed by atoms with Crippen LogP contribution >= 0.6 is 11.3 Å². The van der Waals surface area contributed by atoms with E-state index in [0.717, 1.165) is 17.0 Å². The summed E-state index contributed by atoms with van der Waals surface area (Å²) in [4.78, 5) is 15.3. The molecule has 1 aliphatic rings. The van der Waals surface area contributed by atoms with Crippen molar-refractivity contribution < 1.29 is 9.34 Å². The lowest BCUT2D eigenvalue weighted by atomic mass is 10.0. The number of anilines is 1. The average Bonchev–Trinajstić information content (AvgIpc) is 2.77. The molecule has 2 heterocycles. The van der Waals surface area contributed by atoms with E-state index in [2.05, 4.69) is 4.98 Å². The van der Waals surface area contributed by atoms with Gasteiger partial charge in [-0.2, -0.15) is 0 Å². The van der Waals surface area contributed by atoms with Gasteiger partial charge >= 0.3 is 5.88 Å². The number of hydrogen-bond acceptors (Lipinski definition) is 6. The summed E-state index contributed by atoms with van der Waals surface area (Å²) in [5, 5.41) is 11.1. The van der Waals surface area contributed by atoms with Gasteiger partial charge in [-0.05, 0) is 6.42 Å². The van der Waals surface area contributed by atoms with Crippen LogP contribution in [0.15, 0.2) is 10.5 Å². The zero-order chi connectivity index (χ0) is 11.3. The van der Waals surface area contributed by atoms with Crippen LogP contribution < -0.4 is 5.73 Å². The van der Waals surface area contributed by atoms with Gasteiger partial charge in [0, 0.05) is 11.3 Å². The minimum Gasteiger partial charge on any atom is -0.405 e. The molecule has 3 rings (SSSR count). The number of nitrogen functional groups attached to an aromatic ring is 1. The summed E-state index contributed by atoms with van der Waals surface area (Å²) in [6, 6.07) is 1.42. The highest BCUT2D eigenvalue weighted by Gasteiger charge is 2.27. The smallest absolute Gasteiger partial charge is 0.405 e. The molecule has 2 N–H and O–H groups in total. The fourth-order valence-electron chi connectivity index (χ4n) is 1.87. The number of furan rings is 1. The third-order valence-electron chi connectivity index (χ3n) is 2.52. The third kappa shape index (κ3) is 1.21. The number of rotatable bonds is 1. The molecule has 0 atom stereocenters. The highest BCUT2D eigenvalue weighted by Crippen LogP contribution is 2.40. The minimum absolute atomic E-state index is 0.232. The fourth-order valence-corrected chi connectivity index (χ4v) is 2.71. The zero-order valence-electron chi connectivity index (χ0n) is 8.10. The second-order valence-electron chi connectivity index (χ2n) is 3.50. The molecular formula is C9H7N3O3S. The van der Waals surface area contributed by atoms with E-state index in [0.29, 0.717) is 22.9 Å². The Morgan fingerprint density at radius 3 is 3.12 bits per heavy atom. The normalized spacial score (nSPS) is 13.2. The third-order valence-corrected chi connectivity index (χ3v) is 3.47. The molecule has 0 radical (unpaired) electrons. The average molecular weight is 237 g/mol. The van der Waals surface area contributed by atoms with Gasteiger partial charge in [-0.15, -0.1) is 11.3 Å². The number of nitro groups is 1. The summed E-state index contributed by atoms with van der Waals surface area (Å²) in [6.07, 6.45) is 1.44. The summed E-state index contributed by atoms with van der Waals surface area (Å²) >= 11 is 1.43. The Morgan fingerprint density at radius 2 is 2.38 bits per heavy atom. The largest absolute Gasteiger partial charge is 0.433 e. The standard InChI is InChI=1S/C9H7N3O3S/c10-9-11-8-4-3-7(12(13)14)15-5(4)1-2-6(8)16-9/h3H,1-2H2,(H2,10,11). The monoisotopic (exact) mass is 237 g/mol. The van der Waals surface area contributed by atoms with Crippen LogP contribution in [0.2, 0.25) is 0 Å². The summed E-state index contributed by atoms with van der Waals surface area (Å²) in [5.74, 6) is 0.397. The van der Waals surface area contributed by atoms with E-state index in [1.54, 1.807) is 0 Å². The van der Waals surface area contributed by atoms with E-state index in [-0.39, 0.29) is 5.88 Å². The van der Waals surface area contributed by atoms with Crippen LogP contribution in [0.4, 0.5) is 11.0 Å². The number of aryl methyl sites for hydroxylation is 2. The molecule has 0 unspecified atom stereocenters. The van der Waals surface area contributed by atoms with Crippen LogP contribution in [0.3, 0.4) is 0 Å². The molecule has 0 saturated carbocycles. The molecule has 0 spiro atoms. The van der Waals surface area contributed by atoms with Crippen molar-refractivity contribution in [1.29, 1.82) is 0 Å². The fraction of sp³-hybridized carbons (Fsp3) is 0.222. The Labute approximate surface area is 93.9 Å². The summed E-state index contributed by atoms with van der Waals surface area (Å²) in [5.41, 5.74) is 7.07. The number of fused-ring (bicyclic) bond motifs is 3. The molecule has 0 aromatic carbocycles. The molecule has 16 heavy (non-hydrogen) atoms. The topological polar surface area (TPSA) is 95.2 Å². The lowest BCUT2D eigenvalue weighted by Crippen LogP contribution is -1.98. The van der Waals surface area contributed by atoms with E-state index in [1.165, 1.54) is 17.4 Å². The Kier molecular flexibility index (Phi) is 1.78. The molecule has 2 aromatic rings. The van der Waals surface area contributed by atoms with E-state index in [4.69, 9.17) is 10.2 Å². The summed E-state index contributed by atoms with van der Waals surface area (Å²) in [7, 11) is 0. The molecule has 0 bridgehead atoms. The molecule has 0 saturated heterocycles. The van der Waals surface area contributed by atoms with Crippen LogP contribution in [0.25, 0.3) is 11.3 Å². The SMILES string of the molecule is Nc1nc2c(s1)CCc1oc([N+](=O)[O-])cc1-2. The first-order valence-electron chi connectivity index (χ1n) is 4.68. The Hall–Kier alpha value is -1.89. The highest BCUT2D eigenvalue weighted by molar-refractivity contribution is 7.15. The first-order chi connectivity index (χ1) is 7.65. The van der Waals surface area contributed by atoms with Crippen molar-refractivity contribution in [3.63, 3.8) is 0 Å². The second kappa shape index (κ2) is 3.05. The molecular weight excluding hydrogens is 230 g/mol. The molecule has 82 valence electrons. The van der Waals surface area contributed by atoms with Crippen LogP contribution in [-0.2, 0) is 12.8 Å². The number of hydrogen-bond donors (Lipinski definition) is 1. The first kappa shape index (κ1) is 9.34. The quantitative estimate of drug-likeness (QED) is 0.604. The summed E-state index contributed by atoms with van der Waals surface area (Å²) in [6.45, 7) is 0. The van der Waals surface area contributed by atoms with Crippen LogP contribution in [0.1, 0.15) is 10.6 Å². The van der Waals surface area contributed by atoms with Crippen LogP contribution in [0, 0.1) is 10.1 Å². The van der Waals surface area contributed by atoms with Crippen LogP contribution in [-0.4, -0.2) is 9.91 Å². The predicted molar refractivity (Wildman–Crippen MR) is 58.3 cm³/mol. The number of nitrogens with zero attached hydrogens (tertiary/aromatic N) is 2. The lowest BCUT2D eigenvalue weighted by molar-refractivity contribution is -0.402. The van der Waals surface area contributed by atoms with Gasteiger partial charge in [-0.1, -0.05) is 0 Å². The van der Waals surface area contributed by atoms with Gasteiger partial charge in [0.05, 0.1) is 17.3 Å². The molecule has 0 fully saturated rings. The number of thiazole rings is 1. The van der Waals surface area contributed by atoms with E-state index in [9.17, 15) is 10.1 Å². The van der Waals surface area contributed by atoms with Gasteiger partial charge in [0.15, 0.2) is 5.13 Å². The number of nitrogens with two attached hydrogens (primary N) is 1. The maximum Gasteiger partial charge on any atom is 0.433 e. The Balaban J connectivity index is 2.19. The maximum atomic E-state index is 10.6. The van der Waals surface area contributed by atoms with Gasteiger partial charge in [-0.25, -0.2) is 4.98 Å². The van der Waals surface area contributed by atoms with Crippen molar-refractivity contribution in [3.05, 3.63) is 26.8 Å². The molecule has 6 nitrogen and oxygen atoms in total. The van der Waals surface area contributed by atoms with Crippen molar-refractivity contribution in [3.8, 4) is 11.3 Å². The van der Waals surface area contributed by atoms with Crippen molar-refractivity contribution in [2.24, 2.45) is 0 Å². The van der Waals surface area contributed by atoms with E-state index >= 15 is 0 Å². The molecule has 7 heteroatoms. The lowest BCUT2D eigenvalue weighted by Gasteiger charge is -2.06. The Bertz CT molecular complexity index is 587. The van der Waals surface area contributed by atoms with E-state index in [1.807, 2.05) is 0 Å². The molecule has 2 aromatic heterocycles. The molecule has 0 aliphatic heterocycles.